The fraction of sp³-hybridized carbons (Fsp3) is 0.192. The number of aromatic nitrogens is 3. The van der Waals surface area contributed by atoms with E-state index in [0.29, 0.717) is 47.6 Å². The van der Waals surface area contributed by atoms with Crippen molar-refractivity contribution in [1.29, 1.82) is 0 Å². The SMILES string of the molecule is CCOc1ccc(CN2C(=O)c3ccccc3C2=O)cc1C(=O)NCCc1nnc2ccccn12. The number of ether oxygens (including phenoxy) is 1. The number of carbonyl (C=O) groups excluding carboxylic acids is 3. The van der Waals surface area contributed by atoms with E-state index in [1.165, 1.54) is 4.90 Å². The van der Waals surface area contributed by atoms with Gasteiger partial charge in [-0.05, 0) is 48.9 Å². The zero-order valence-electron chi connectivity index (χ0n) is 19.1. The highest BCUT2D eigenvalue weighted by atomic mass is 16.5. The van der Waals surface area contributed by atoms with E-state index in [1.807, 2.05) is 35.7 Å². The smallest absolute Gasteiger partial charge is 0.261 e. The molecule has 9 nitrogen and oxygen atoms in total. The average molecular weight is 470 g/mol. The number of pyridine rings is 1. The summed E-state index contributed by atoms with van der Waals surface area (Å²) >= 11 is 0. The van der Waals surface area contributed by atoms with Gasteiger partial charge in [0, 0.05) is 19.2 Å². The zero-order valence-corrected chi connectivity index (χ0v) is 19.1. The molecule has 0 bridgehead atoms. The van der Waals surface area contributed by atoms with E-state index in [-0.39, 0.29) is 24.3 Å². The molecular formula is C26H23N5O4. The monoisotopic (exact) mass is 469 g/mol. The fourth-order valence-corrected chi connectivity index (χ4v) is 4.14. The number of benzene rings is 2. The predicted octanol–water partition coefficient (Wildman–Crippen LogP) is 2.90. The molecule has 3 amide bonds. The van der Waals surface area contributed by atoms with Crippen LogP contribution in [0.25, 0.3) is 5.65 Å². The van der Waals surface area contributed by atoms with Crippen LogP contribution in [-0.4, -0.2) is 50.4 Å². The first-order valence-electron chi connectivity index (χ1n) is 11.3. The minimum absolute atomic E-state index is 0.0603. The lowest BCUT2D eigenvalue weighted by atomic mass is 10.1. The summed E-state index contributed by atoms with van der Waals surface area (Å²) in [5.74, 6) is 0.179. The Labute approximate surface area is 201 Å². The molecule has 0 fully saturated rings. The Morgan fingerprint density at radius 3 is 2.46 bits per heavy atom. The summed E-state index contributed by atoms with van der Waals surface area (Å²) in [5.41, 5.74) is 2.52. The van der Waals surface area contributed by atoms with Crippen molar-refractivity contribution >= 4 is 23.4 Å². The highest BCUT2D eigenvalue weighted by Crippen LogP contribution is 2.26. The van der Waals surface area contributed by atoms with E-state index in [4.69, 9.17) is 4.74 Å². The van der Waals surface area contributed by atoms with Crippen LogP contribution in [0.3, 0.4) is 0 Å². The van der Waals surface area contributed by atoms with Crippen molar-refractivity contribution in [3.05, 3.63) is 94.9 Å². The van der Waals surface area contributed by atoms with Crippen molar-refractivity contribution in [1.82, 2.24) is 24.8 Å². The Balaban J connectivity index is 1.31. The zero-order chi connectivity index (χ0) is 24.4. The van der Waals surface area contributed by atoms with Gasteiger partial charge in [0.15, 0.2) is 5.65 Å². The Kier molecular flexibility index (Phi) is 5.97. The molecule has 176 valence electrons. The summed E-state index contributed by atoms with van der Waals surface area (Å²) in [6, 6.07) is 17.5. The molecule has 5 rings (SSSR count). The van der Waals surface area contributed by atoms with E-state index in [0.717, 1.165) is 11.5 Å². The van der Waals surface area contributed by atoms with Crippen LogP contribution in [0.4, 0.5) is 0 Å². The third kappa shape index (κ3) is 4.23. The van der Waals surface area contributed by atoms with Gasteiger partial charge in [0.05, 0.1) is 29.8 Å². The van der Waals surface area contributed by atoms with Gasteiger partial charge in [0.1, 0.15) is 11.6 Å². The summed E-state index contributed by atoms with van der Waals surface area (Å²) < 4.78 is 7.53. The third-order valence-electron chi connectivity index (χ3n) is 5.83. The highest BCUT2D eigenvalue weighted by molar-refractivity contribution is 6.21. The third-order valence-corrected chi connectivity index (χ3v) is 5.83. The Morgan fingerprint density at radius 2 is 1.71 bits per heavy atom. The summed E-state index contributed by atoms with van der Waals surface area (Å²) in [6.45, 7) is 2.64. The van der Waals surface area contributed by atoms with Crippen LogP contribution in [0.1, 0.15) is 49.4 Å². The molecule has 2 aromatic carbocycles. The van der Waals surface area contributed by atoms with Crippen molar-refractivity contribution in [2.45, 2.75) is 19.9 Å². The quantitative estimate of drug-likeness (QED) is 0.398. The van der Waals surface area contributed by atoms with Crippen LogP contribution < -0.4 is 10.1 Å². The number of carbonyl (C=O) groups is 3. The largest absolute Gasteiger partial charge is 0.493 e. The maximum absolute atomic E-state index is 13.0. The van der Waals surface area contributed by atoms with E-state index >= 15 is 0 Å². The molecule has 3 heterocycles. The van der Waals surface area contributed by atoms with Crippen LogP contribution in [-0.2, 0) is 13.0 Å². The number of hydrogen-bond donors (Lipinski definition) is 1. The fourth-order valence-electron chi connectivity index (χ4n) is 4.14. The first kappa shape index (κ1) is 22.3. The molecular weight excluding hydrogens is 446 g/mol. The van der Waals surface area contributed by atoms with Crippen LogP contribution >= 0.6 is 0 Å². The maximum Gasteiger partial charge on any atom is 0.261 e. The van der Waals surface area contributed by atoms with Crippen LogP contribution in [0, 0.1) is 0 Å². The summed E-state index contributed by atoms with van der Waals surface area (Å²) in [4.78, 5) is 39.7. The van der Waals surface area contributed by atoms with Crippen LogP contribution in [0.15, 0.2) is 66.9 Å². The van der Waals surface area contributed by atoms with E-state index in [2.05, 4.69) is 15.5 Å². The van der Waals surface area contributed by atoms with Crippen molar-refractivity contribution < 1.29 is 19.1 Å². The maximum atomic E-state index is 13.0. The molecule has 0 unspecified atom stereocenters. The Hall–Kier alpha value is -4.53. The molecule has 1 N–H and O–H groups in total. The number of fused-ring (bicyclic) bond motifs is 2. The van der Waals surface area contributed by atoms with Crippen molar-refractivity contribution in [3.8, 4) is 5.75 Å². The molecule has 0 spiro atoms. The van der Waals surface area contributed by atoms with Crippen molar-refractivity contribution in [3.63, 3.8) is 0 Å². The molecule has 2 aromatic heterocycles. The van der Waals surface area contributed by atoms with Gasteiger partial charge in [-0.15, -0.1) is 10.2 Å². The number of imide groups is 1. The average Bonchev–Trinajstić information content (AvgIpc) is 3.40. The molecule has 0 aliphatic carbocycles. The first-order valence-corrected chi connectivity index (χ1v) is 11.3. The lowest BCUT2D eigenvalue weighted by Crippen LogP contribution is -2.30. The van der Waals surface area contributed by atoms with Gasteiger partial charge < -0.3 is 10.1 Å². The van der Waals surface area contributed by atoms with Gasteiger partial charge in [0.25, 0.3) is 17.7 Å². The molecule has 1 aliphatic heterocycles. The van der Waals surface area contributed by atoms with E-state index < -0.39 is 0 Å². The lowest BCUT2D eigenvalue weighted by Gasteiger charge is -2.16. The Morgan fingerprint density at radius 1 is 0.971 bits per heavy atom. The minimum Gasteiger partial charge on any atom is -0.493 e. The predicted molar refractivity (Wildman–Crippen MR) is 127 cm³/mol. The number of amides is 3. The molecule has 1 aliphatic rings. The second-order valence-corrected chi connectivity index (χ2v) is 8.06. The van der Waals surface area contributed by atoms with Gasteiger partial charge in [-0.25, -0.2) is 0 Å². The molecule has 0 atom stereocenters. The number of rotatable bonds is 8. The van der Waals surface area contributed by atoms with Crippen LogP contribution in [0.5, 0.6) is 5.75 Å². The normalized spacial score (nSPS) is 12.8. The number of nitrogens with one attached hydrogen (secondary N) is 1. The molecule has 35 heavy (non-hydrogen) atoms. The van der Waals surface area contributed by atoms with Crippen molar-refractivity contribution in [2.75, 3.05) is 13.2 Å². The van der Waals surface area contributed by atoms with E-state index in [1.54, 1.807) is 42.5 Å². The number of nitrogens with zero attached hydrogens (tertiary/aromatic N) is 4. The van der Waals surface area contributed by atoms with Gasteiger partial charge >= 0.3 is 0 Å². The highest BCUT2D eigenvalue weighted by Gasteiger charge is 2.35. The lowest BCUT2D eigenvalue weighted by molar-refractivity contribution is 0.0642. The van der Waals surface area contributed by atoms with Crippen LogP contribution in [0.2, 0.25) is 0 Å². The van der Waals surface area contributed by atoms with Gasteiger partial charge in [-0.1, -0.05) is 24.3 Å². The Bertz CT molecular complexity index is 1410. The molecule has 0 saturated heterocycles. The van der Waals surface area contributed by atoms with E-state index in [9.17, 15) is 14.4 Å². The summed E-state index contributed by atoms with van der Waals surface area (Å²) in [5, 5.41) is 11.2. The topological polar surface area (TPSA) is 106 Å². The standard InChI is InChI=1S/C26H23N5O4/c1-2-35-21-11-10-17(16-31-25(33)18-7-3-4-8-19(18)26(31)34)15-20(21)24(32)27-13-12-23-29-28-22-9-5-6-14-30(22)23/h3-11,14-15H,2,12-13,16H2,1H3,(H,27,32). The van der Waals surface area contributed by atoms with Gasteiger partial charge in [-0.3, -0.25) is 23.7 Å². The molecule has 9 heteroatoms. The summed E-state index contributed by atoms with van der Waals surface area (Å²) in [6.07, 6.45) is 2.37. The van der Waals surface area contributed by atoms with Gasteiger partial charge in [0.2, 0.25) is 0 Å². The van der Waals surface area contributed by atoms with Gasteiger partial charge in [-0.2, -0.15) is 0 Å². The number of hydrogen-bond acceptors (Lipinski definition) is 6. The summed E-state index contributed by atoms with van der Waals surface area (Å²) in [7, 11) is 0. The molecule has 0 radical (unpaired) electrons. The second-order valence-electron chi connectivity index (χ2n) is 8.06. The van der Waals surface area contributed by atoms with Crippen molar-refractivity contribution in [2.24, 2.45) is 0 Å². The molecule has 0 saturated carbocycles. The first-order chi connectivity index (χ1) is 17.1. The minimum atomic E-state index is -0.342. The molecule has 4 aromatic rings. The second kappa shape index (κ2) is 9.38.